The van der Waals surface area contributed by atoms with Crippen LogP contribution in [-0.4, -0.2) is 26.1 Å². The monoisotopic (exact) mass is 237 g/mol. The molecule has 0 saturated heterocycles. The lowest BCUT2D eigenvalue weighted by molar-refractivity contribution is -0.146. The maximum atomic E-state index is 11.0. The Morgan fingerprint density at radius 1 is 1.56 bits per heavy atom. The highest BCUT2D eigenvalue weighted by atomic mass is 32.1. The molecule has 0 aliphatic carbocycles. The number of carboxylic acids is 1. The molecule has 0 radical (unpaired) electrons. The standard InChI is InChI=1S/C10H11N3O2S/c1-10(2,9(14)15)13-6-7(11-12-13)8-4-3-5-16-8/h3-6H,1-2H3,(H,14,15). The predicted octanol–water partition coefficient (Wildman–Crippen LogP) is 1.83. The van der Waals surface area contributed by atoms with Gasteiger partial charge in [0.15, 0.2) is 5.54 Å². The Bertz CT molecular complexity index is 502. The van der Waals surface area contributed by atoms with Gasteiger partial charge in [0, 0.05) is 0 Å². The molecule has 84 valence electrons. The Hall–Kier alpha value is -1.69. The lowest BCUT2D eigenvalue weighted by atomic mass is 10.1. The fourth-order valence-corrected chi connectivity index (χ4v) is 1.85. The van der Waals surface area contributed by atoms with Crippen LogP contribution in [0.5, 0.6) is 0 Å². The molecule has 0 bridgehead atoms. The Kier molecular flexibility index (Phi) is 2.51. The van der Waals surface area contributed by atoms with Crippen LogP contribution in [0.4, 0.5) is 0 Å². The number of carboxylic acid groups (broad SMARTS) is 1. The van der Waals surface area contributed by atoms with E-state index in [4.69, 9.17) is 5.11 Å². The van der Waals surface area contributed by atoms with E-state index in [9.17, 15) is 4.79 Å². The molecule has 1 N–H and O–H groups in total. The molecule has 5 nitrogen and oxygen atoms in total. The van der Waals surface area contributed by atoms with Crippen molar-refractivity contribution in [2.24, 2.45) is 0 Å². The van der Waals surface area contributed by atoms with Gasteiger partial charge in [0.05, 0.1) is 11.1 Å². The van der Waals surface area contributed by atoms with E-state index in [0.717, 1.165) is 4.88 Å². The van der Waals surface area contributed by atoms with Crippen LogP contribution in [-0.2, 0) is 10.3 Å². The van der Waals surface area contributed by atoms with Crippen molar-refractivity contribution in [2.75, 3.05) is 0 Å². The largest absolute Gasteiger partial charge is 0.479 e. The van der Waals surface area contributed by atoms with Gasteiger partial charge >= 0.3 is 5.97 Å². The third kappa shape index (κ3) is 1.71. The molecule has 0 atom stereocenters. The molecule has 0 saturated carbocycles. The van der Waals surface area contributed by atoms with Crippen LogP contribution in [0.1, 0.15) is 13.8 Å². The average Bonchev–Trinajstić information content (AvgIpc) is 2.88. The van der Waals surface area contributed by atoms with Crippen LogP contribution < -0.4 is 0 Å². The summed E-state index contributed by atoms with van der Waals surface area (Å²) in [5, 5.41) is 18.8. The van der Waals surface area contributed by atoms with Crippen molar-refractivity contribution >= 4 is 17.3 Å². The SMILES string of the molecule is CC(C)(C(=O)O)n1cc(-c2cccs2)nn1. The molecule has 0 aliphatic heterocycles. The minimum absolute atomic E-state index is 0.698. The normalized spacial score (nSPS) is 11.6. The molecule has 2 aromatic rings. The molecule has 0 spiro atoms. The van der Waals surface area contributed by atoms with Crippen molar-refractivity contribution in [3.63, 3.8) is 0 Å². The summed E-state index contributed by atoms with van der Waals surface area (Å²) >= 11 is 1.55. The number of aromatic nitrogens is 3. The maximum Gasteiger partial charge on any atom is 0.331 e. The minimum Gasteiger partial charge on any atom is -0.479 e. The van der Waals surface area contributed by atoms with E-state index in [0.29, 0.717) is 5.69 Å². The van der Waals surface area contributed by atoms with Crippen molar-refractivity contribution in [1.82, 2.24) is 15.0 Å². The molecule has 2 aromatic heterocycles. The number of hydrogen-bond acceptors (Lipinski definition) is 4. The van der Waals surface area contributed by atoms with Crippen LogP contribution in [0, 0.1) is 0 Å². The second-order valence-corrected chi connectivity index (χ2v) is 4.84. The number of carbonyl (C=O) groups is 1. The highest BCUT2D eigenvalue weighted by Crippen LogP contribution is 2.24. The van der Waals surface area contributed by atoms with Crippen LogP contribution in [0.2, 0.25) is 0 Å². The number of hydrogen-bond donors (Lipinski definition) is 1. The zero-order chi connectivity index (χ0) is 11.8. The predicted molar refractivity (Wildman–Crippen MR) is 60.3 cm³/mol. The highest BCUT2D eigenvalue weighted by molar-refractivity contribution is 7.13. The molecule has 16 heavy (non-hydrogen) atoms. The van der Waals surface area contributed by atoms with Gasteiger partial charge in [-0.1, -0.05) is 11.3 Å². The quantitative estimate of drug-likeness (QED) is 0.884. The summed E-state index contributed by atoms with van der Waals surface area (Å²) in [6.07, 6.45) is 1.65. The first-order valence-electron chi connectivity index (χ1n) is 4.72. The van der Waals surface area contributed by atoms with E-state index in [1.807, 2.05) is 17.5 Å². The van der Waals surface area contributed by atoms with Crippen LogP contribution >= 0.6 is 11.3 Å². The Morgan fingerprint density at radius 2 is 2.31 bits per heavy atom. The van der Waals surface area contributed by atoms with Gasteiger partial charge in [0.1, 0.15) is 5.69 Å². The van der Waals surface area contributed by atoms with E-state index >= 15 is 0 Å². The fourth-order valence-electron chi connectivity index (χ4n) is 1.17. The van der Waals surface area contributed by atoms with Gasteiger partial charge < -0.3 is 5.11 Å². The van der Waals surface area contributed by atoms with Gasteiger partial charge in [0.2, 0.25) is 0 Å². The Balaban J connectivity index is 2.37. The van der Waals surface area contributed by atoms with Gasteiger partial charge in [-0.05, 0) is 25.3 Å². The van der Waals surface area contributed by atoms with Gasteiger partial charge in [0.25, 0.3) is 0 Å². The fraction of sp³-hybridized carbons (Fsp3) is 0.300. The lowest BCUT2D eigenvalue weighted by Gasteiger charge is -2.18. The summed E-state index contributed by atoms with van der Waals surface area (Å²) in [5.74, 6) is -0.935. The van der Waals surface area contributed by atoms with Crippen LogP contribution in [0.15, 0.2) is 23.7 Å². The second-order valence-electron chi connectivity index (χ2n) is 3.89. The first-order valence-corrected chi connectivity index (χ1v) is 5.60. The number of rotatable bonds is 3. The molecule has 0 fully saturated rings. The third-order valence-electron chi connectivity index (χ3n) is 2.36. The highest BCUT2D eigenvalue weighted by Gasteiger charge is 2.30. The van der Waals surface area contributed by atoms with Crippen molar-refractivity contribution in [2.45, 2.75) is 19.4 Å². The van der Waals surface area contributed by atoms with Crippen molar-refractivity contribution in [3.8, 4) is 10.6 Å². The molecule has 2 rings (SSSR count). The molecule has 2 heterocycles. The first kappa shape index (κ1) is 10.8. The van der Waals surface area contributed by atoms with Crippen molar-refractivity contribution in [1.29, 1.82) is 0 Å². The molecule has 0 amide bonds. The molecule has 0 aliphatic rings. The van der Waals surface area contributed by atoms with Gasteiger partial charge in [-0.25, -0.2) is 9.48 Å². The number of nitrogens with zero attached hydrogens (tertiary/aromatic N) is 3. The first-order chi connectivity index (χ1) is 7.51. The summed E-state index contributed by atoms with van der Waals surface area (Å²) < 4.78 is 1.37. The Labute approximate surface area is 96.3 Å². The minimum atomic E-state index is -1.08. The zero-order valence-electron chi connectivity index (χ0n) is 8.91. The summed E-state index contributed by atoms with van der Waals surface area (Å²) in [5.41, 5.74) is -0.382. The van der Waals surface area contributed by atoms with Crippen molar-refractivity contribution < 1.29 is 9.90 Å². The topological polar surface area (TPSA) is 68.0 Å². The smallest absolute Gasteiger partial charge is 0.331 e. The molecule has 0 aromatic carbocycles. The lowest BCUT2D eigenvalue weighted by Crippen LogP contribution is -2.36. The number of aliphatic carboxylic acids is 1. The van der Waals surface area contributed by atoms with E-state index < -0.39 is 11.5 Å². The summed E-state index contributed by atoms with van der Waals surface area (Å²) in [4.78, 5) is 12.0. The van der Waals surface area contributed by atoms with Crippen molar-refractivity contribution in [3.05, 3.63) is 23.7 Å². The van der Waals surface area contributed by atoms with E-state index in [-0.39, 0.29) is 0 Å². The summed E-state index contributed by atoms with van der Waals surface area (Å²) in [6, 6.07) is 3.84. The van der Waals surface area contributed by atoms with Gasteiger partial charge in [-0.3, -0.25) is 0 Å². The zero-order valence-corrected chi connectivity index (χ0v) is 9.73. The number of thiophene rings is 1. The van der Waals surface area contributed by atoms with Crippen LogP contribution in [0.25, 0.3) is 10.6 Å². The summed E-state index contributed by atoms with van der Waals surface area (Å²) in [6.45, 7) is 3.17. The molecule has 0 unspecified atom stereocenters. The Morgan fingerprint density at radius 3 is 2.88 bits per heavy atom. The van der Waals surface area contributed by atoms with Gasteiger partial charge in [-0.15, -0.1) is 16.4 Å². The third-order valence-corrected chi connectivity index (χ3v) is 3.26. The van der Waals surface area contributed by atoms with Crippen LogP contribution in [0.3, 0.4) is 0 Å². The van der Waals surface area contributed by atoms with E-state index in [2.05, 4.69) is 10.3 Å². The molecule has 6 heteroatoms. The molecular formula is C10H11N3O2S. The summed E-state index contributed by atoms with van der Waals surface area (Å²) in [7, 11) is 0. The van der Waals surface area contributed by atoms with Gasteiger partial charge in [-0.2, -0.15) is 0 Å². The van der Waals surface area contributed by atoms with E-state index in [1.165, 1.54) is 4.68 Å². The average molecular weight is 237 g/mol. The second kappa shape index (κ2) is 3.71. The van der Waals surface area contributed by atoms with E-state index in [1.54, 1.807) is 31.4 Å². The molecular weight excluding hydrogens is 226 g/mol. The maximum absolute atomic E-state index is 11.0.